The van der Waals surface area contributed by atoms with Gasteiger partial charge in [0, 0.05) is 0 Å². The first-order valence-corrected chi connectivity index (χ1v) is 8.69. The van der Waals surface area contributed by atoms with Gasteiger partial charge in [-0.25, -0.2) is 0 Å². The van der Waals surface area contributed by atoms with E-state index in [1.165, 1.54) is 33.4 Å². The van der Waals surface area contributed by atoms with E-state index in [2.05, 4.69) is 99.5 Å². The van der Waals surface area contributed by atoms with Crippen LogP contribution in [-0.2, 0) is 0 Å². The highest BCUT2D eigenvalue weighted by Gasteiger charge is 2.11. The van der Waals surface area contributed by atoms with Gasteiger partial charge in [0.25, 0.3) is 0 Å². The monoisotopic (exact) mass is 326 g/mol. The van der Waals surface area contributed by atoms with E-state index in [9.17, 15) is 0 Å². The van der Waals surface area contributed by atoms with E-state index in [1.54, 1.807) is 0 Å². The lowest BCUT2D eigenvalue weighted by Gasteiger charge is -2.16. The van der Waals surface area contributed by atoms with Gasteiger partial charge in [0.2, 0.25) is 0 Å². The SMILES string of the molecule is C=C.C=C/C(=C\C)c1ccc(-c2ccccc2)cc1C1=CCCC=C1. The van der Waals surface area contributed by atoms with Crippen molar-refractivity contribution in [1.29, 1.82) is 0 Å². The quantitative estimate of drug-likeness (QED) is 0.403. The summed E-state index contributed by atoms with van der Waals surface area (Å²) in [5.74, 6) is 0. The van der Waals surface area contributed by atoms with E-state index in [0.717, 1.165) is 12.8 Å². The van der Waals surface area contributed by atoms with Crippen molar-refractivity contribution in [2.75, 3.05) is 0 Å². The Bertz CT molecular complexity index is 801. The van der Waals surface area contributed by atoms with Gasteiger partial charge in [-0.05, 0) is 59.2 Å². The second-order valence-electron chi connectivity index (χ2n) is 5.71. The molecule has 0 N–H and O–H groups in total. The molecule has 0 fully saturated rings. The van der Waals surface area contributed by atoms with Gasteiger partial charge in [-0.15, -0.1) is 13.2 Å². The van der Waals surface area contributed by atoms with Gasteiger partial charge in [0.1, 0.15) is 0 Å². The normalized spacial score (nSPS) is 13.5. The minimum absolute atomic E-state index is 1.11. The summed E-state index contributed by atoms with van der Waals surface area (Å²) in [6.45, 7) is 12.0. The van der Waals surface area contributed by atoms with Gasteiger partial charge in [0.15, 0.2) is 0 Å². The van der Waals surface area contributed by atoms with Crippen LogP contribution >= 0.6 is 0 Å². The first-order chi connectivity index (χ1) is 12.3. The zero-order valence-electron chi connectivity index (χ0n) is 15.0. The Kier molecular flexibility index (Phi) is 6.98. The van der Waals surface area contributed by atoms with Crippen LogP contribution in [0.15, 0.2) is 98.6 Å². The Morgan fingerprint density at radius 3 is 2.32 bits per heavy atom. The average Bonchev–Trinajstić information content (AvgIpc) is 2.72. The first kappa shape index (κ1) is 18.5. The minimum Gasteiger partial charge on any atom is -0.106 e. The van der Waals surface area contributed by atoms with Crippen molar-refractivity contribution >= 4 is 11.1 Å². The Morgan fingerprint density at radius 2 is 1.72 bits per heavy atom. The maximum Gasteiger partial charge on any atom is -0.0103 e. The summed E-state index contributed by atoms with van der Waals surface area (Å²) in [6, 6.07) is 17.3. The molecule has 1 aliphatic rings. The van der Waals surface area contributed by atoms with Gasteiger partial charge in [0.05, 0.1) is 0 Å². The van der Waals surface area contributed by atoms with E-state index in [4.69, 9.17) is 0 Å². The average molecular weight is 326 g/mol. The van der Waals surface area contributed by atoms with Crippen molar-refractivity contribution in [3.63, 3.8) is 0 Å². The van der Waals surface area contributed by atoms with Crippen LogP contribution < -0.4 is 0 Å². The molecule has 0 spiro atoms. The third kappa shape index (κ3) is 4.36. The molecule has 3 rings (SSSR count). The summed E-state index contributed by atoms with van der Waals surface area (Å²) in [5.41, 5.74) is 7.53. The predicted octanol–water partition coefficient (Wildman–Crippen LogP) is 7.48. The molecule has 0 saturated carbocycles. The predicted molar refractivity (Wildman–Crippen MR) is 113 cm³/mol. The fourth-order valence-corrected chi connectivity index (χ4v) is 3.04. The number of rotatable bonds is 4. The Hall–Kier alpha value is -2.86. The molecular formula is C25H26. The van der Waals surface area contributed by atoms with Crippen molar-refractivity contribution in [2.24, 2.45) is 0 Å². The second-order valence-corrected chi connectivity index (χ2v) is 5.71. The van der Waals surface area contributed by atoms with E-state index < -0.39 is 0 Å². The lowest BCUT2D eigenvalue weighted by molar-refractivity contribution is 1.04. The lowest BCUT2D eigenvalue weighted by atomic mass is 9.89. The summed E-state index contributed by atoms with van der Waals surface area (Å²) >= 11 is 0. The first-order valence-electron chi connectivity index (χ1n) is 8.69. The van der Waals surface area contributed by atoms with E-state index >= 15 is 0 Å². The van der Waals surface area contributed by atoms with Gasteiger partial charge in [-0.3, -0.25) is 0 Å². The minimum atomic E-state index is 1.11. The molecule has 2 aromatic rings. The van der Waals surface area contributed by atoms with Crippen molar-refractivity contribution in [2.45, 2.75) is 19.8 Å². The van der Waals surface area contributed by atoms with Crippen LogP contribution in [-0.4, -0.2) is 0 Å². The van der Waals surface area contributed by atoms with Gasteiger partial charge < -0.3 is 0 Å². The molecular weight excluding hydrogens is 300 g/mol. The summed E-state index contributed by atoms with van der Waals surface area (Å²) < 4.78 is 0. The third-order valence-electron chi connectivity index (χ3n) is 4.27. The van der Waals surface area contributed by atoms with Crippen molar-refractivity contribution in [3.05, 3.63) is 110 Å². The van der Waals surface area contributed by atoms with E-state index in [-0.39, 0.29) is 0 Å². The van der Waals surface area contributed by atoms with E-state index in [0.29, 0.717) is 0 Å². The molecule has 0 unspecified atom stereocenters. The highest BCUT2D eigenvalue weighted by molar-refractivity contribution is 5.89. The van der Waals surface area contributed by atoms with Crippen molar-refractivity contribution in [3.8, 4) is 11.1 Å². The number of benzene rings is 2. The second kappa shape index (κ2) is 9.44. The molecule has 0 nitrogen and oxygen atoms in total. The van der Waals surface area contributed by atoms with Crippen LogP contribution in [0.2, 0.25) is 0 Å². The maximum atomic E-state index is 3.97. The number of allylic oxidation sites excluding steroid dienone is 7. The highest BCUT2D eigenvalue weighted by atomic mass is 14.2. The summed E-state index contributed by atoms with van der Waals surface area (Å²) in [7, 11) is 0. The molecule has 25 heavy (non-hydrogen) atoms. The highest BCUT2D eigenvalue weighted by Crippen LogP contribution is 2.33. The van der Waals surface area contributed by atoms with Gasteiger partial charge >= 0.3 is 0 Å². The van der Waals surface area contributed by atoms with Crippen LogP contribution in [0.25, 0.3) is 22.3 Å². The summed E-state index contributed by atoms with van der Waals surface area (Å²) in [5, 5.41) is 0. The zero-order valence-corrected chi connectivity index (χ0v) is 15.0. The Labute approximate surface area is 152 Å². The summed E-state index contributed by atoms with van der Waals surface area (Å²) in [6.07, 6.45) is 13.2. The molecule has 0 atom stereocenters. The zero-order chi connectivity index (χ0) is 18.1. The molecule has 0 aromatic heterocycles. The van der Waals surface area contributed by atoms with Gasteiger partial charge in [-0.1, -0.05) is 79.4 Å². The molecule has 0 amide bonds. The lowest BCUT2D eigenvalue weighted by Crippen LogP contribution is -1.94. The molecule has 1 aliphatic carbocycles. The standard InChI is InChI=1S/C23H22.C2H4/c1-3-18(4-2)22-16-15-21(19-11-7-5-8-12-19)17-23(22)20-13-9-6-10-14-20;1-2/h3-5,7-9,11-17H,1,6,10H2,2H3;1-2H2/b18-4+;. The van der Waals surface area contributed by atoms with Crippen LogP contribution in [0.3, 0.4) is 0 Å². The van der Waals surface area contributed by atoms with Crippen molar-refractivity contribution < 1.29 is 0 Å². The summed E-state index contributed by atoms with van der Waals surface area (Å²) in [4.78, 5) is 0. The van der Waals surface area contributed by atoms with Crippen LogP contribution in [0.5, 0.6) is 0 Å². The van der Waals surface area contributed by atoms with Gasteiger partial charge in [-0.2, -0.15) is 0 Å². The van der Waals surface area contributed by atoms with Crippen molar-refractivity contribution in [1.82, 2.24) is 0 Å². The molecule has 0 aliphatic heterocycles. The van der Waals surface area contributed by atoms with Crippen LogP contribution in [0, 0.1) is 0 Å². The van der Waals surface area contributed by atoms with Crippen LogP contribution in [0.1, 0.15) is 30.9 Å². The molecule has 0 saturated heterocycles. The fourth-order valence-electron chi connectivity index (χ4n) is 3.04. The fraction of sp³-hybridized carbons (Fsp3) is 0.120. The largest absolute Gasteiger partial charge is 0.106 e. The molecule has 0 bridgehead atoms. The molecule has 0 heteroatoms. The third-order valence-corrected chi connectivity index (χ3v) is 4.27. The number of hydrogen-bond acceptors (Lipinski definition) is 0. The molecule has 2 aromatic carbocycles. The smallest absolute Gasteiger partial charge is 0.0103 e. The molecule has 126 valence electrons. The Morgan fingerprint density at radius 1 is 0.960 bits per heavy atom. The number of hydrogen-bond donors (Lipinski definition) is 0. The van der Waals surface area contributed by atoms with E-state index in [1.807, 2.05) is 6.08 Å². The molecule has 0 heterocycles. The maximum absolute atomic E-state index is 3.97. The van der Waals surface area contributed by atoms with Crippen LogP contribution in [0.4, 0.5) is 0 Å². The Balaban J connectivity index is 0.00000109. The molecule has 0 radical (unpaired) electrons. The topological polar surface area (TPSA) is 0 Å².